The molecule has 0 saturated carbocycles. The Morgan fingerprint density at radius 3 is 2.82 bits per heavy atom. The van der Waals surface area contributed by atoms with Crippen molar-refractivity contribution in [2.24, 2.45) is 0 Å². The first-order valence-corrected chi connectivity index (χ1v) is 4.56. The molecule has 0 saturated heterocycles. The molecule has 1 aromatic rings. The molecule has 1 heterocycles. The molecule has 1 aromatic heterocycles. The molecule has 0 fully saturated rings. The molecule has 0 aliphatic carbocycles. The number of rotatable bonds is 4. The third-order valence-electron chi connectivity index (χ3n) is 1.47. The Kier molecular flexibility index (Phi) is 3.45. The third-order valence-corrected chi connectivity index (χ3v) is 2.12. The van der Waals surface area contributed by atoms with Crippen molar-refractivity contribution < 1.29 is 0 Å². The Bertz CT molecular complexity index is 209. The second kappa shape index (κ2) is 4.41. The van der Waals surface area contributed by atoms with Gasteiger partial charge < -0.3 is 5.32 Å². The molecule has 1 N–H and O–H groups in total. The van der Waals surface area contributed by atoms with E-state index < -0.39 is 0 Å². The van der Waals surface area contributed by atoms with Crippen LogP contribution < -0.4 is 5.32 Å². The van der Waals surface area contributed by atoms with Gasteiger partial charge in [0.25, 0.3) is 0 Å². The van der Waals surface area contributed by atoms with E-state index in [4.69, 9.17) is 0 Å². The van der Waals surface area contributed by atoms with Gasteiger partial charge in [-0.05, 0) is 19.9 Å². The fourth-order valence-corrected chi connectivity index (χ4v) is 1.36. The van der Waals surface area contributed by atoms with E-state index in [-0.39, 0.29) is 0 Å². The molecule has 0 aromatic carbocycles. The maximum Gasteiger partial charge on any atom is 0.0909 e. The van der Waals surface area contributed by atoms with Crippen LogP contribution in [0.4, 0.5) is 0 Å². The number of nitrogens with zero attached hydrogens (tertiary/aromatic N) is 2. The highest BCUT2D eigenvalue weighted by Gasteiger charge is 2.00. The molecule has 11 heavy (non-hydrogen) atoms. The standard InChI is InChI=1S/C7H13N3S/c1-3-4-8-5-7-6(2)9-11-10-7/h8H,3-5H2,1-2H3. The van der Waals surface area contributed by atoms with E-state index >= 15 is 0 Å². The first-order chi connectivity index (χ1) is 5.34. The van der Waals surface area contributed by atoms with Gasteiger partial charge in [-0.25, -0.2) is 0 Å². The molecule has 0 aliphatic rings. The average molecular weight is 171 g/mol. The first kappa shape index (κ1) is 8.62. The molecule has 0 spiro atoms. The van der Waals surface area contributed by atoms with Crippen molar-refractivity contribution in [3.8, 4) is 0 Å². The molecular formula is C7H13N3S. The van der Waals surface area contributed by atoms with Crippen LogP contribution in [0.2, 0.25) is 0 Å². The Morgan fingerprint density at radius 2 is 2.27 bits per heavy atom. The van der Waals surface area contributed by atoms with Crippen LogP contribution in [-0.2, 0) is 6.54 Å². The first-order valence-electron chi connectivity index (χ1n) is 3.83. The van der Waals surface area contributed by atoms with Crippen molar-refractivity contribution >= 4 is 11.7 Å². The van der Waals surface area contributed by atoms with Gasteiger partial charge in [0.2, 0.25) is 0 Å². The van der Waals surface area contributed by atoms with Gasteiger partial charge in [0.15, 0.2) is 0 Å². The van der Waals surface area contributed by atoms with E-state index in [9.17, 15) is 0 Å². The fraction of sp³-hybridized carbons (Fsp3) is 0.714. The van der Waals surface area contributed by atoms with E-state index in [1.165, 1.54) is 11.7 Å². The highest BCUT2D eigenvalue weighted by Crippen LogP contribution is 2.02. The quantitative estimate of drug-likeness (QED) is 0.695. The number of aromatic nitrogens is 2. The summed E-state index contributed by atoms with van der Waals surface area (Å²) < 4.78 is 8.24. The van der Waals surface area contributed by atoms with Gasteiger partial charge >= 0.3 is 0 Å². The van der Waals surface area contributed by atoms with E-state index in [1.807, 2.05) is 6.92 Å². The normalized spacial score (nSPS) is 10.4. The van der Waals surface area contributed by atoms with E-state index in [0.29, 0.717) is 0 Å². The minimum Gasteiger partial charge on any atom is -0.311 e. The lowest BCUT2D eigenvalue weighted by Crippen LogP contribution is -2.14. The molecule has 0 radical (unpaired) electrons. The second-order valence-electron chi connectivity index (χ2n) is 2.47. The summed E-state index contributed by atoms with van der Waals surface area (Å²) in [7, 11) is 0. The molecular weight excluding hydrogens is 158 g/mol. The molecule has 0 amide bonds. The van der Waals surface area contributed by atoms with Crippen LogP contribution in [-0.4, -0.2) is 15.3 Å². The van der Waals surface area contributed by atoms with Crippen molar-refractivity contribution in [3.63, 3.8) is 0 Å². The SMILES string of the molecule is CCCNCc1nsnc1C. The highest BCUT2D eigenvalue weighted by atomic mass is 32.1. The van der Waals surface area contributed by atoms with Gasteiger partial charge in [0.1, 0.15) is 0 Å². The Labute approximate surface area is 71.2 Å². The lowest BCUT2D eigenvalue weighted by molar-refractivity contribution is 0.665. The minimum absolute atomic E-state index is 0.857. The molecule has 3 nitrogen and oxygen atoms in total. The van der Waals surface area contributed by atoms with Crippen LogP contribution in [0, 0.1) is 6.92 Å². The summed E-state index contributed by atoms with van der Waals surface area (Å²) in [5.41, 5.74) is 2.14. The average Bonchev–Trinajstić information content (AvgIpc) is 2.37. The molecule has 0 bridgehead atoms. The predicted molar refractivity (Wildman–Crippen MR) is 46.6 cm³/mol. The zero-order chi connectivity index (χ0) is 8.10. The van der Waals surface area contributed by atoms with Gasteiger partial charge in [0, 0.05) is 6.54 Å². The lowest BCUT2D eigenvalue weighted by Gasteiger charge is -1.98. The van der Waals surface area contributed by atoms with Gasteiger partial charge in [0.05, 0.1) is 23.1 Å². The Hall–Kier alpha value is -0.480. The third kappa shape index (κ3) is 2.55. The summed E-state index contributed by atoms with van der Waals surface area (Å²) in [6, 6.07) is 0. The summed E-state index contributed by atoms with van der Waals surface area (Å²) in [5, 5.41) is 3.28. The fourth-order valence-electron chi connectivity index (χ4n) is 0.793. The van der Waals surface area contributed by atoms with Crippen molar-refractivity contribution in [3.05, 3.63) is 11.4 Å². The van der Waals surface area contributed by atoms with E-state index in [0.717, 1.165) is 30.9 Å². The molecule has 0 aliphatic heterocycles. The molecule has 62 valence electrons. The van der Waals surface area contributed by atoms with Crippen LogP contribution in [0.15, 0.2) is 0 Å². The molecule has 4 heteroatoms. The summed E-state index contributed by atoms with van der Waals surface area (Å²) in [4.78, 5) is 0. The zero-order valence-electron chi connectivity index (χ0n) is 6.92. The summed E-state index contributed by atoms with van der Waals surface area (Å²) >= 11 is 1.28. The van der Waals surface area contributed by atoms with Gasteiger partial charge in [-0.1, -0.05) is 6.92 Å². The Balaban J connectivity index is 2.32. The van der Waals surface area contributed by atoms with Gasteiger partial charge in [-0.15, -0.1) is 0 Å². The van der Waals surface area contributed by atoms with Crippen LogP contribution in [0.5, 0.6) is 0 Å². The van der Waals surface area contributed by atoms with E-state index in [2.05, 4.69) is 21.0 Å². The second-order valence-corrected chi connectivity index (χ2v) is 3.00. The topological polar surface area (TPSA) is 37.8 Å². The van der Waals surface area contributed by atoms with Crippen LogP contribution in [0.25, 0.3) is 0 Å². The maximum absolute atomic E-state index is 4.16. The van der Waals surface area contributed by atoms with Crippen LogP contribution in [0.1, 0.15) is 24.7 Å². The largest absolute Gasteiger partial charge is 0.311 e. The van der Waals surface area contributed by atoms with Gasteiger partial charge in [-0.3, -0.25) is 0 Å². The molecule has 1 rings (SSSR count). The highest BCUT2D eigenvalue weighted by molar-refractivity contribution is 6.99. The van der Waals surface area contributed by atoms with Crippen molar-refractivity contribution in [2.75, 3.05) is 6.54 Å². The maximum atomic E-state index is 4.16. The summed E-state index contributed by atoms with van der Waals surface area (Å²) in [6.45, 7) is 6.05. The predicted octanol–water partition coefficient (Wildman–Crippen LogP) is 1.35. The number of hydrogen-bond acceptors (Lipinski definition) is 4. The minimum atomic E-state index is 0.857. The Morgan fingerprint density at radius 1 is 1.45 bits per heavy atom. The van der Waals surface area contributed by atoms with Crippen molar-refractivity contribution in [1.82, 2.24) is 14.1 Å². The molecule has 0 unspecified atom stereocenters. The summed E-state index contributed by atoms with van der Waals surface area (Å²) in [5.74, 6) is 0. The van der Waals surface area contributed by atoms with Gasteiger partial charge in [-0.2, -0.15) is 8.75 Å². The van der Waals surface area contributed by atoms with E-state index in [1.54, 1.807) is 0 Å². The number of aryl methyl sites for hydroxylation is 1. The van der Waals surface area contributed by atoms with Crippen molar-refractivity contribution in [1.29, 1.82) is 0 Å². The van der Waals surface area contributed by atoms with Crippen molar-refractivity contribution in [2.45, 2.75) is 26.8 Å². The smallest absolute Gasteiger partial charge is 0.0909 e. The number of nitrogens with one attached hydrogen (secondary N) is 1. The summed E-state index contributed by atoms with van der Waals surface area (Å²) in [6.07, 6.45) is 1.16. The number of hydrogen-bond donors (Lipinski definition) is 1. The van der Waals surface area contributed by atoms with Crippen LogP contribution >= 0.6 is 11.7 Å². The monoisotopic (exact) mass is 171 g/mol. The van der Waals surface area contributed by atoms with Crippen LogP contribution in [0.3, 0.4) is 0 Å². The lowest BCUT2D eigenvalue weighted by atomic mass is 10.3. The zero-order valence-corrected chi connectivity index (χ0v) is 7.74. The molecule has 0 atom stereocenters.